The molecule has 1 aromatic rings. The van der Waals surface area contributed by atoms with Gasteiger partial charge in [0.05, 0.1) is 0 Å². The fraction of sp³-hybridized carbons (Fsp3) is 0.643. The van der Waals surface area contributed by atoms with Crippen LogP contribution in [0.25, 0.3) is 0 Å². The number of pyridine rings is 1. The summed E-state index contributed by atoms with van der Waals surface area (Å²) in [5.74, 6) is 2.15. The van der Waals surface area contributed by atoms with E-state index in [9.17, 15) is 0 Å². The van der Waals surface area contributed by atoms with Crippen LogP contribution in [0.2, 0.25) is 0 Å². The molecule has 0 aromatic carbocycles. The van der Waals surface area contributed by atoms with E-state index in [4.69, 9.17) is 0 Å². The van der Waals surface area contributed by atoms with Crippen LogP contribution in [0.3, 0.4) is 0 Å². The second kappa shape index (κ2) is 8.38. The highest BCUT2D eigenvalue weighted by Crippen LogP contribution is 2.13. The van der Waals surface area contributed by atoms with Crippen LogP contribution in [-0.2, 0) is 6.54 Å². The average molecular weight is 267 g/mol. The molecule has 0 amide bonds. The van der Waals surface area contributed by atoms with Gasteiger partial charge in [-0.3, -0.25) is 4.90 Å². The monoisotopic (exact) mass is 267 g/mol. The molecule has 0 saturated heterocycles. The molecule has 1 N–H and O–H groups in total. The minimum absolute atomic E-state index is 0.647. The molecule has 0 aliphatic heterocycles. The third kappa shape index (κ3) is 4.86. The summed E-state index contributed by atoms with van der Waals surface area (Å²) >= 11 is 1.91. The van der Waals surface area contributed by atoms with Crippen LogP contribution in [0, 0.1) is 0 Å². The van der Waals surface area contributed by atoms with Crippen molar-refractivity contribution in [3.8, 4) is 0 Å². The molecule has 0 aliphatic carbocycles. The predicted molar refractivity (Wildman–Crippen MR) is 82.3 cm³/mol. The molecule has 0 spiro atoms. The normalized spacial score (nSPS) is 12.7. The van der Waals surface area contributed by atoms with Crippen molar-refractivity contribution in [2.24, 2.45) is 0 Å². The van der Waals surface area contributed by atoms with E-state index < -0.39 is 0 Å². The number of anilines is 1. The van der Waals surface area contributed by atoms with Gasteiger partial charge < -0.3 is 5.32 Å². The molecule has 0 aliphatic rings. The van der Waals surface area contributed by atoms with E-state index in [-0.39, 0.29) is 0 Å². The standard InChI is InChI=1S/C14H25N3S/c1-5-13(11-18-4)17(3)10-12-7-8-14(15-6-2)16-9-12/h7-9,13H,5-6,10-11H2,1-4H3,(H,15,16). The van der Waals surface area contributed by atoms with Gasteiger partial charge in [0, 0.05) is 31.1 Å². The summed E-state index contributed by atoms with van der Waals surface area (Å²) in [6.45, 7) is 6.22. The molecule has 1 rings (SSSR count). The molecule has 1 heterocycles. The lowest BCUT2D eigenvalue weighted by atomic mass is 10.2. The van der Waals surface area contributed by atoms with E-state index in [0.717, 1.165) is 18.9 Å². The van der Waals surface area contributed by atoms with Crippen molar-refractivity contribution in [3.63, 3.8) is 0 Å². The minimum Gasteiger partial charge on any atom is -0.370 e. The fourth-order valence-corrected chi connectivity index (χ4v) is 2.84. The molecule has 1 atom stereocenters. The van der Waals surface area contributed by atoms with Crippen molar-refractivity contribution >= 4 is 17.6 Å². The lowest BCUT2D eigenvalue weighted by molar-refractivity contribution is 0.247. The summed E-state index contributed by atoms with van der Waals surface area (Å²) in [4.78, 5) is 6.83. The Morgan fingerprint density at radius 1 is 1.39 bits per heavy atom. The first-order valence-corrected chi connectivity index (χ1v) is 7.98. The number of nitrogens with one attached hydrogen (secondary N) is 1. The summed E-state index contributed by atoms with van der Waals surface area (Å²) in [7, 11) is 2.20. The van der Waals surface area contributed by atoms with Gasteiger partial charge in [-0.1, -0.05) is 13.0 Å². The zero-order valence-corrected chi connectivity index (χ0v) is 12.8. The summed E-state index contributed by atoms with van der Waals surface area (Å²) in [6.07, 6.45) is 5.34. The van der Waals surface area contributed by atoms with Gasteiger partial charge in [0.1, 0.15) is 5.82 Å². The highest BCUT2D eigenvalue weighted by molar-refractivity contribution is 7.98. The van der Waals surface area contributed by atoms with Crippen LogP contribution < -0.4 is 5.32 Å². The second-order valence-corrected chi connectivity index (χ2v) is 5.43. The van der Waals surface area contributed by atoms with Crippen molar-refractivity contribution in [3.05, 3.63) is 23.9 Å². The first kappa shape index (κ1) is 15.3. The van der Waals surface area contributed by atoms with Crippen LogP contribution in [0.1, 0.15) is 25.8 Å². The molecule has 0 bridgehead atoms. The van der Waals surface area contributed by atoms with Crippen LogP contribution in [0.5, 0.6) is 0 Å². The Kier molecular flexibility index (Phi) is 7.13. The third-order valence-electron chi connectivity index (χ3n) is 3.07. The predicted octanol–water partition coefficient (Wildman–Crippen LogP) is 3.09. The molecule has 0 saturated carbocycles. The minimum atomic E-state index is 0.647. The zero-order valence-electron chi connectivity index (χ0n) is 11.9. The molecule has 0 radical (unpaired) electrons. The Bertz CT molecular complexity index is 326. The SMILES string of the molecule is CCNc1ccc(CN(C)C(CC)CSC)cn1. The van der Waals surface area contributed by atoms with Gasteiger partial charge in [0.15, 0.2) is 0 Å². The van der Waals surface area contributed by atoms with Gasteiger partial charge in [-0.05, 0) is 38.3 Å². The average Bonchev–Trinajstić information content (AvgIpc) is 2.38. The largest absolute Gasteiger partial charge is 0.370 e. The van der Waals surface area contributed by atoms with Crippen molar-refractivity contribution in [2.45, 2.75) is 32.9 Å². The Labute approximate surface area is 115 Å². The number of hydrogen-bond acceptors (Lipinski definition) is 4. The lowest BCUT2D eigenvalue weighted by Crippen LogP contribution is -2.32. The number of rotatable bonds is 8. The summed E-state index contributed by atoms with van der Waals surface area (Å²) in [6, 6.07) is 4.86. The lowest BCUT2D eigenvalue weighted by Gasteiger charge is -2.26. The number of hydrogen-bond donors (Lipinski definition) is 1. The Balaban J connectivity index is 2.55. The fourth-order valence-electron chi connectivity index (χ4n) is 1.97. The van der Waals surface area contributed by atoms with Gasteiger partial charge in [-0.15, -0.1) is 0 Å². The quantitative estimate of drug-likeness (QED) is 0.783. The summed E-state index contributed by atoms with van der Waals surface area (Å²) in [5, 5.41) is 3.21. The molecule has 0 fully saturated rings. The van der Waals surface area contributed by atoms with Crippen LogP contribution in [0.15, 0.2) is 18.3 Å². The van der Waals surface area contributed by atoms with Crippen molar-refractivity contribution in [1.29, 1.82) is 0 Å². The third-order valence-corrected chi connectivity index (χ3v) is 3.79. The number of thioether (sulfide) groups is 1. The van der Waals surface area contributed by atoms with Gasteiger partial charge in [-0.2, -0.15) is 11.8 Å². The Morgan fingerprint density at radius 3 is 2.67 bits per heavy atom. The van der Waals surface area contributed by atoms with E-state index >= 15 is 0 Å². The molecule has 3 nitrogen and oxygen atoms in total. The first-order chi connectivity index (χ1) is 8.71. The number of aromatic nitrogens is 1. The van der Waals surface area contributed by atoms with E-state index in [1.54, 1.807) is 0 Å². The van der Waals surface area contributed by atoms with E-state index in [1.807, 2.05) is 18.0 Å². The number of nitrogens with zero attached hydrogens (tertiary/aromatic N) is 2. The maximum atomic E-state index is 4.41. The summed E-state index contributed by atoms with van der Waals surface area (Å²) in [5.41, 5.74) is 1.28. The molecular weight excluding hydrogens is 242 g/mol. The van der Waals surface area contributed by atoms with Crippen molar-refractivity contribution in [1.82, 2.24) is 9.88 Å². The van der Waals surface area contributed by atoms with Crippen LogP contribution >= 0.6 is 11.8 Å². The highest BCUT2D eigenvalue weighted by Gasteiger charge is 2.12. The Morgan fingerprint density at radius 2 is 2.17 bits per heavy atom. The van der Waals surface area contributed by atoms with E-state index in [1.165, 1.54) is 17.7 Å². The Hall–Kier alpha value is -0.740. The van der Waals surface area contributed by atoms with Crippen molar-refractivity contribution < 1.29 is 0 Å². The highest BCUT2D eigenvalue weighted by atomic mass is 32.2. The van der Waals surface area contributed by atoms with Crippen LogP contribution in [-0.4, -0.2) is 41.5 Å². The molecular formula is C14H25N3S. The van der Waals surface area contributed by atoms with E-state index in [2.05, 4.69) is 54.5 Å². The zero-order chi connectivity index (χ0) is 13.4. The molecule has 102 valence electrons. The maximum Gasteiger partial charge on any atom is 0.125 e. The topological polar surface area (TPSA) is 28.2 Å². The molecule has 1 unspecified atom stereocenters. The van der Waals surface area contributed by atoms with Gasteiger partial charge in [0.25, 0.3) is 0 Å². The van der Waals surface area contributed by atoms with Gasteiger partial charge >= 0.3 is 0 Å². The maximum absolute atomic E-state index is 4.41. The summed E-state index contributed by atoms with van der Waals surface area (Å²) < 4.78 is 0. The molecule has 1 aromatic heterocycles. The second-order valence-electron chi connectivity index (χ2n) is 4.51. The van der Waals surface area contributed by atoms with Crippen molar-refractivity contribution in [2.75, 3.05) is 30.9 Å². The van der Waals surface area contributed by atoms with E-state index in [0.29, 0.717) is 6.04 Å². The van der Waals surface area contributed by atoms with Gasteiger partial charge in [-0.25, -0.2) is 4.98 Å². The van der Waals surface area contributed by atoms with Gasteiger partial charge in [0.2, 0.25) is 0 Å². The first-order valence-electron chi connectivity index (χ1n) is 6.59. The smallest absolute Gasteiger partial charge is 0.125 e. The van der Waals surface area contributed by atoms with Crippen LogP contribution in [0.4, 0.5) is 5.82 Å². The molecule has 18 heavy (non-hydrogen) atoms. The molecule has 4 heteroatoms.